The van der Waals surface area contributed by atoms with Crippen molar-refractivity contribution in [3.05, 3.63) is 72.9 Å². The number of aliphatic hydroxyl groups excluding tert-OH is 3. The number of ether oxygens (including phenoxy) is 1. The van der Waals surface area contributed by atoms with E-state index in [9.17, 15) is 44.1 Å². The molecule has 0 aromatic rings. The van der Waals surface area contributed by atoms with E-state index in [1.807, 2.05) is 36.5 Å². The minimum atomic E-state index is -0.803. The number of carboxylic acid groups (broad SMARTS) is 3. The van der Waals surface area contributed by atoms with Crippen molar-refractivity contribution >= 4 is 35.8 Å². The summed E-state index contributed by atoms with van der Waals surface area (Å²) in [5.41, 5.74) is 0. The van der Waals surface area contributed by atoms with E-state index in [1.165, 1.54) is 0 Å². The van der Waals surface area contributed by atoms with Gasteiger partial charge < -0.3 is 50.9 Å². The number of nitrogens with zero attached hydrogens (tertiary/aromatic N) is 1. The van der Waals surface area contributed by atoms with Crippen molar-refractivity contribution in [2.75, 3.05) is 33.3 Å². The second-order valence-corrected chi connectivity index (χ2v) is 18.0. The summed E-state index contributed by atoms with van der Waals surface area (Å²) in [6, 6.07) is 0. The Hall–Kier alpha value is -5.06. The number of carboxylic acids is 3. The van der Waals surface area contributed by atoms with Crippen LogP contribution in [0.1, 0.15) is 201 Å². The van der Waals surface area contributed by atoms with Gasteiger partial charge in [-0.15, -0.1) is 0 Å². The van der Waals surface area contributed by atoms with Crippen molar-refractivity contribution in [2.45, 2.75) is 219 Å². The first-order valence-electron chi connectivity index (χ1n) is 27.2. The maximum absolute atomic E-state index is 11.9. The molecule has 0 aliphatic heterocycles. The lowest BCUT2D eigenvalue weighted by Gasteiger charge is -2.14. The highest BCUT2D eigenvalue weighted by Crippen LogP contribution is 2.09. The van der Waals surface area contributed by atoms with Gasteiger partial charge in [0.05, 0.1) is 24.9 Å². The van der Waals surface area contributed by atoms with Gasteiger partial charge in [-0.3, -0.25) is 24.0 Å². The Morgan fingerprint density at radius 3 is 1.23 bits per heavy atom. The Kier molecular flexibility index (Phi) is 55.6. The van der Waals surface area contributed by atoms with E-state index < -0.39 is 42.3 Å². The van der Waals surface area contributed by atoms with E-state index in [-0.39, 0.29) is 31.1 Å². The van der Waals surface area contributed by atoms with Gasteiger partial charge in [-0.25, -0.2) is 4.79 Å². The van der Waals surface area contributed by atoms with Gasteiger partial charge in [0.2, 0.25) is 11.8 Å². The number of alkyl carbamates (subject to hydrolysis) is 1. The maximum atomic E-state index is 11.9. The molecule has 0 saturated carbocycles. The largest absolute Gasteiger partial charge is 0.481 e. The fourth-order valence-electron chi connectivity index (χ4n) is 6.56. The van der Waals surface area contributed by atoms with Crippen LogP contribution in [0.2, 0.25) is 0 Å². The monoisotopic (exact) mass is 1030 g/mol. The molecule has 0 radical (unpaired) electrons. The number of likely N-dealkylation sites (N-methyl/N-ethyl adjacent to an activating group) is 1. The third-order valence-electron chi connectivity index (χ3n) is 11.0. The van der Waals surface area contributed by atoms with Gasteiger partial charge in [-0.05, 0) is 64.2 Å². The van der Waals surface area contributed by atoms with Crippen LogP contribution in [0.15, 0.2) is 72.9 Å². The molecule has 0 spiro atoms. The highest BCUT2D eigenvalue weighted by Gasteiger charge is 2.07. The smallest absolute Gasteiger partial charge is 0.407 e. The number of allylic oxidation sites excluding steroid dienone is 6. The molecule has 0 aromatic heterocycles. The van der Waals surface area contributed by atoms with Crippen LogP contribution in [0, 0.1) is 0 Å². The Balaban J connectivity index is -0.00000101. The minimum Gasteiger partial charge on any atom is -0.481 e. The highest BCUT2D eigenvalue weighted by atomic mass is 16.5. The molecule has 3 atom stereocenters. The summed E-state index contributed by atoms with van der Waals surface area (Å²) in [7, 11) is 1.78. The first kappa shape index (κ1) is 72.2. The number of hydrogen-bond acceptors (Lipinski definition) is 10. The first-order valence-corrected chi connectivity index (χ1v) is 27.2. The van der Waals surface area contributed by atoms with E-state index in [2.05, 4.69) is 31.4 Å². The number of hydrogen-bond donors (Lipinski definition) is 8. The van der Waals surface area contributed by atoms with Crippen molar-refractivity contribution in [1.29, 1.82) is 0 Å². The number of rotatable bonds is 44. The second-order valence-electron chi connectivity index (χ2n) is 18.0. The van der Waals surface area contributed by atoms with Gasteiger partial charge in [0.15, 0.2) is 0 Å². The highest BCUT2D eigenvalue weighted by molar-refractivity contribution is 5.76. The molecule has 0 rings (SSSR count). The summed E-state index contributed by atoms with van der Waals surface area (Å²) in [6.45, 7) is 8.08. The quantitative estimate of drug-likeness (QED) is 0.0209. The maximum Gasteiger partial charge on any atom is 0.407 e. The molecule has 3 amide bonds. The summed E-state index contributed by atoms with van der Waals surface area (Å²) in [5, 5.41) is 60.0. The van der Waals surface area contributed by atoms with Gasteiger partial charge in [0.25, 0.3) is 0 Å². The molecule has 3 unspecified atom stereocenters. The zero-order valence-electron chi connectivity index (χ0n) is 45.3. The van der Waals surface area contributed by atoms with Crippen molar-refractivity contribution < 1.29 is 64.1 Å². The van der Waals surface area contributed by atoms with Gasteiger partial charge in [0.1, 0.15) is 0 Å². The molecule has 73 heavy (non-hydrogen) atoms. The van der Waals surface area contributed by atoms with E-state index in [0.29, 0.717) is 64.8 Å². The zero-order chi connectivity index (χ0) is 55.0. The first-order chi connectivity index (χ1) is 35.1. The molecular weight excluding hydrogens is 935 g/mol. The van der Waals surface area contributed by atoms with Crippen molar-refractivity contribution in [1.82, 2.24) is 15.5 Å². The normalized spacial score (nSPS) is 12.7. The number of carbonyl (C=O) groups excluding carboxylic acids is 3. The van der Waals surface area contributed by atoms with Crippen LogP contribution in [0.3, 0.4) is 0 Å². The average molecular weight is 1030 g/mol. The third-order valence-corrected chi connectivity index (χ3v) is 11.0. The van der Waals surface area contributed by atoms with E-state index in [1.54, 1.807) is 48.4 Å². The van der Waals surface area contributed by atoms with Gasteiger partial charge in [-0.1, -0.05) is 177 Å². The predicted molar refractivity (Wildman–Crippen MR) is 292 cm³/mol. The predicted octanol–water partition coefficient (Wildman–Crippen LogP) is 10.9. The van der Waals surface area contributed by atoms with Crippen LogP contribution in [0.25, 0.3) is 0 Å². The molecule has 16 nitrogen and oxygen atoms in total. The lowest BCUT2D eigenvalue weighted by atomic mass is 10.1. The lowest BCUT2D eigenvalue weighted by molar-refractivity contribution is -0.138. The zero-order valence-corrected chi connectivity index (χ0v) is 45.3. The Labute approximate surface area is 439 Å². The number of nitrogens with one attached hydrogen (secondary N) is 2. The topological polar surface area (TPSA) is 260 Å². The SMILES string of the molecule is CCCCCC(O)/C=C/C=C\CN(C)C(=O)CCCCCCC(=O)O.CCCCCC(O)/C=C/C=C\CNC(=O)CCCCCCC(=O)O.CCCCCC(O)/C=C/C=C\CNC(=O)OCCCCCC(=O)O. The summed E-state index contributed by atoms with van der Waals surface area (Å²) in [5.74, 6) is -2.21. The fourth-order valence-corrected chi connectivity index (χ4v) is 6.56. The van der Waals surface area contributed by atoms with Gasteiger partial charge in [-0.2, -0.15) is 0 Å². The summed E-state index contributed by atoms with van der Waals surface area (Å²) in [4.78, 5) is 67.6. The van der Waals surface area contributed by atoms with Crippen molar-refractivity contribution in [3.63, 3.8) is 0 Å². The molecule has 0 heterocycles. The summed E-state index contributed by atoms with van der Waals surface area (Å²) < 4.78 is 4.96. The van der Waals surface area contributed by atoms with Crippen LogP contribution < -0.4 is 10.6 Å². The van der Waals surface area contributed by atoms with Gasteiger partial charge >= 0.3 is 24.0 Å². The Morgan fingerprint density at radius 2 is 0.822 bits per heavy atom. The van der Waals surface area contributed by atoms with Crippen LogP contribution in [-0.2, 0) is 28.7 Å². The standard InChI is InChI=1S/C20H35NO4.C19H33NO4.C18H31NO5/c1-3-4-8-13-18(22)14-9-7-12-17-21(2)19(23)15-10-5-6-11-16-20(24)25;1-2-3-7-12-17(21)13-8-6-11-16-20-18(22)14-9-4-5-10-15-19(23)24;1-2-3-6-11-16(20)12-7-4-9-14-19-18(23)24-15-10-5-8-13-17(21)22/h7,9,12,14,18,22H,3-6,8,10-11,13,15-17H2,1-2H3,(H,24,25);6,8,11,13,17,21H,2-5,7,9-10,12,14-16H2,1H3,(H,20,22)(H,23,24);4,7,9,12,16,20H,2-3,5-6,8,10-11,13-15H2,1H3,(H,19,23)(H,21,22)/b12-7-,14-9+;11-6-,13-8+;9-4-,12-7+. The summed E-state index contributed by atoms with van der Waals surface area (Å²) >= 11 is 0. The van der Waals surface area contributed by atoms with E-state index in [0.717, 1.165) is 122 Å². The molecule has 420 valence electrons. The number of aliphatic hydroxyl groups is 3. The molecule has 0 saturated heterocycles. The van der Waals surface area contributed by atoms with Crippen molar-refractivity contribution in [3.8, 4) is 0 Å². The Morgan fingerprint density at radius 1 is 0.452 bits per heavy atom. The van der Waals surface area contributed by atoms with E-state index >= 15 is 0 Å². The second kappa shape index (κ2) is 56.2. The van der Waals surface area contributed by atoms with Crippen LogP contribution in [-0.4, -0.2) is 123 Å². The van der Waals surface area contributed by atoms with Crippen LogP contribution in [0.5, 0.6) is 0 Å². The van der Waals surface area contributed by atoms with Gasteiger partial charge in [0, 0.05) is 58.8 Å². The molecule has 0 fully saturated rings. The lowest BCUT2D eigenvalue weighted by Crippen LogP contribution is -2.26. The number of carbonyl (C=O) groups is 6. The molecule has 0 aliphatic rings. The van der Waals surface area contributed by atoms with E-state index in [4.69, 9.17) is 20.1 Å². The van der Waals surface area contributed by atoms with Crippen LogP contribution >= 0.6 is 0 Å². The minimum absolute atomic E-state index is 0.0152. The van der Waals surface area contributed by atoms with Crippen molar-refractivity contribution in [2.24, 2.45) is 0 Å². The fraction of sp³-hybridized carbons (Fsp3) is 0.684. The van der Waals surface area contributed by atoms with Crippen LogP contribution in [0.4, 0.5) is 4.79 Å². The molecule has 8 N–H and O–H groups in total. The summed E-state index contributed by atoms with van der Waals surface area (Å²) in [6.07, 6.45) is 42.3. The molecular formula is C57H99N3O13. The number of amides is 3. The molecule has 0 aliphatic carbocycles. The molecule has 16 heteroatoms. The number of aliphatic carboxylic acids is 3. The molecule has 0 bridgehead atoms. The Bertz CT molecular complexity index is 1490. The number of unbranched alkanes of at least 4 members (excludes halogenated alkanes) is 14. The average Bonchev–Trinajstić information content (AvgIpc) is 3.34. The third kappa shape index (κ3) is 63.0. The molecule has 0 aromatic carbocycles.